The first-order valence-corrected chi connectivity index (χ1v) is 19.7. The van der Waals surface area contributed by atoms with Gasteiger partial charge in [-0.25, -0.2) is 0 Å². The Labute approximate surface area is 313 Å². The summed E-state index contributed by atoms with van der Waals surface area (Å²) in [5.41, 5.74) is -0.215. The number of rotatable bonds is 7. The molecule has 1 saturated heterocycles. The predicted molar refractivity (Wildman–Crippen MR) is 191 cm³/mol. The first kappa shape index (κ1) is 40.1. The van der Waals surface area contributed by atoms with Crippen LogP contribution >= 0.6 is 0 Å². The lowest BCUT2D eigenvalue weighted by molar-refractivity contribution is -0.307. The quantitative estimate of drug-likeness (QED) is 0.173. The highest BCUT2D eigenvalue weighted by Crippen LogP contribution is 2.75. The minimum absolute atomic E-state index is 0.0420. The normalized spacial score (nSPS) is 49.1. The van der Waals surface area contributed by atoms with E-state index >= 15 is 0 Å². The second-order valence-corrected chi connectivity index (χ2v) is 18.7. The predicted octanol–water partition coefficient (Wildman–Crippen LogP) is 5.35. The van der Waals surface area contributed by atoms with Crippen molar-refractivity contribution in [1.29, 1.82) is 0 Å². The molecule has 0 aromatic rings. The molecule has 6 rings (SSSR count). The number of carboxylic acids is 1. The molecular weight excluding hydrogens is 684 g/mol. The van der Waals surface area contributed by atoms with E-state index in [9.17, 15) is 34.5 Å². The molecule has 4 saturated carbocycles. The third-order valence-electron chi connectivity index (χ3n) is 15.9. The molecule has 5 fully saturated rings. The molecule has 16 atom stereocenters. The Kier molecular flexibility index (Phi) is 10.5. The number of aliphatic hydroxyl groups is 2. The van der Waals surface area contributed by atoms with Gasteiger partial charge in [-0.1, -0.05) is 39.3 Å². The van der Waals surface area contributed by atoms with Gasteiger partial charge < -0.3 is 39.0 Å². The van der Waals surface area contributed by atoms with Crippen LogP contribution in [-0.4, -0.2) is 88.7 Å². The fraction of sp³-hybridized carbons (Fsp3) is 0.854. The highest BCUT2D eigenvalue weighted by molar-refractivity contribution is 5.74. The smallest absolute Gasteiger partial charge is 0.309 e. The van der Waals surface area contributed by atoms with Crippen LogP contribution in [-0.2, 0) is 42.9 Å². The van der Waals surface area contributed by atoms with Crippen molar-refractivity contribution in [2.24, 2.45) is 50.7 Å². The molecule has 0 radical (unpaired) electrons. The zero-order valence-electron chi connectivity index (χ0n) is 33.0. The standard InChI is InChI=1S/C41H62O12/c1-21-33(52-23(3)43)34(53-24(4)44)32(46)35(50-21)49-20-25-26-12-13-40(8)30(41(26,9)31(45)18-29(25)51-22(2)42)11-10-27-28-19-38(6,36(47)48)15-14-37(28,5)16-17-39(27,40)7/h10,21,25-26,28-35,45-46H,11-20H2,1-9H3,(H,47,48). The van der Waals surface area contributed by atoms with Gasteiger partial charge in [0.25, 0.3) is 0 Å². The van der Waals surface area contributed by atoms with Gasteiger partial charge in [0.2, 0.25) is 0 Å². The second kappa shape index (κ2) is 13.9. The molecule has 3 N–H and O–H groups in total. The summed E-state index contributed by atoms with van der Waals surface area (Å²) in [4.78, 5) is 48.8. The Balaban J connectivity index is 1.30. The molecule has 53 heavy (non-hydrogen) atoms. The molecule has 5 aliphatic carbocycles. The summed E-state index contributed by atoms with van der Waals surface area (Å²) < 4.78 is 29.1. The molecule has 0 amide bonds. The summed E-state index contributed by atoms with van der Waals surface area (Å²) in [7, 11) is 0. The van der Waals surface area contributed by atoms with Crippen molar-refractivity contribution in [2.75, 3.05) is 6.61 Å². The lowest BCUT2D eigenvalue weighted by Crippen LogP contribution is -2.67. The van der Waals surface area contributed by atoms with Crippen LogP contribution < -0.4 is 0 Å². The number of aliphatic carboxylic acids is 1. The van der Waals surface area contributed by atoms with Gasteiger partial charge in [0.15, 0.2) is 18.5 Å². The largest absolute Gasteiger partial charge is 0.481 e. The van der Waals surface area contributed by atoms with E-state index in [1.54, 1.807) is 6.92 Å². The average Bonchev–Trinajstić information content (AvgIpc) is 3.05. The number of ether oxygens (including phenoxy) is 5. The summed E-state index contributed by atoms with van der Waals surface area (Å²) in [6.07, 6.45) is 2.17. The van der Waals surface area contributed by atoms with Crippen molar-refractivity contribution in [1.82, 2.24) is 0 Å². The highest BCUT2D eigenvalue weighted by atomic mass is 16.7. The van der Waals surface area contributed by atoms with Crippen LogP contribution in [0.4, 0.5) is 0 Å². The van der Waals surface area contributed by atoms with Crippen LogP contribution in [0.5, 0.6) is 0 Å². The zero-order valence-corrected chi connectivity index (χ0v) is 33.0. The average molecular weight is 747 g/mol. The van der Waals surface area contributed by atoms with E-state index in [0.717, 1.165) is 38.5 Å². The molecule has 298 valence electrons. The Morgan fingerprint density at radius 2 is 1.49 bits per heavy atom. The lowest BCUT2D eigenvalue weighted by Gasteiger charge is -2.71. The summed E-state index contributed by atoms with van der Waals surface area (Å²) >= 11 is 0. The van der Waals surface area contributed by atoms with E-state index < -0.39 is 77.6 Å². The van der Waals surface area contributed by atoms with E-state index in [0.29, 0.717) is 12.8 Å². The Bertz CT molecular complexity index is 1510. The van der Waals surface area contributed by atoms with Gasteiger partial charge in [0.05, 0.1) is 24.2 Å². The Morgan fingerprint density at radius 1 is 0.868 bits per heavy atom. The van der Waals surface area contributed by atoms with Crippen LogP contribution in [0, 0.1) is 50.7 Å². The maximum absolute atomic E-state index is 12.5. The first-order valence-electron chi connectivity index (χ1n) is 19.7. The minimum Gasteiger partial charge on any atom is -0.481 e. The molecular formula is C41H62O12. The topological polar surface area (TPSA) is 175 Å². The summed E-state index contributed by atoms with van der Waals surface area (Å²) in [5.74, 6) is -2.61. The number of hydrogen-bond donors (Lipinski definition) is 3. The van der Waals surface area contributed by atoms with Gasteiger partial charge in [0, 0.05) is 38.5 Å². The lowest BCUT2D eigenvalue weighted by atomic mass is 9.34. The number of carbonyl (C=O) groups excluding carboxylic acids is 3. The van der Waals surface area contributed by atoms with Gasteiger partial charge >= 0.3 is 23.9 Å². The summed E-state index contributed by atoms with van der Waals surface area (Å²) in [5, 5.41) is 33.8. The molecule has 6 aliphatic rings. The maximum atomic E-state index is 12.5. The number of fused-ring (bicyclic) bond motifs is 7. The van der Waals surface area contributed by atoms with Crippen LogP contribution in [0.2, 0.25) is 0 Å². The van der Waals surface area contributed by atoms with E-state index in [1.165, 1.54) is 26.3 Å². The summed E-state index contributed by atoms with van der Waals surface area (Å²) in [6.45, 7) is 16.7. The van der Waals surface area contributed by atoms with Gasteiger partial charge in [-0.2, -0.15) is 0 Å². The number of aliphatic hydroxyl groups excluding tert-OH is 2. The van der Waals surface area contributed by atoms with Crippen LogP contribution in [0.3, 0.4) is 0 Å². The number of allylic oxidation sites excluding steroid dienone is 2. The van der Waals surface area contributed by atoms with E-state index in [1.807, 2.05) is 6.92 Å². The molecule has 0 aromatic carbocycles. The summed E-state index contributed by atoms with van der Waals surface area (Å²) in [6, 6.07) is 0. The number of hydrogen-bond acceptors (Lipinski definition) is 11. The van der Waals surface area contributed by atoms with E-state index in [-0.39, 0.29) is 52.9 Å². The van der Waals surface area contributed by atoms with Crippen molar-refractivity contribution < 1.29 is 58.2 Å². The van der Waals surface area contributed by atoms with Crippen molar-refractivity contribution in [3.8, 4) is 0 Å². The first-order chi connectivity index (χ1) is 24.6. The molecule has 12 heteroatoms. The minimum atomic E-state index is -1.47. The second-order valence-electron chi connectivity index (χ2n) is 18.7. The Morgan fingerprint density at radius 3 is 2.11 bits per heavy atom. The van der Waals surface area contributed by atoms with Crippen LogP contribution in [0.25, 0.3) is 0 Å². The van der Waals surface area contributed by atoms with Crippen molar-refractivity contribution in [2.45, 2.75) is 163 Å². The van der Waals surface area contributed by atoms with Crippen LogP contribution in [0.15, 0.2) is 11.6 Å². The molecule has 16 unspecified atom stereocenters. The maximum Gasteiger partial charge on any atom is 0.309 e. The van der Waals surface area contributed by atoms with Gasteiger partial charge in [-0.3, -0.25) is 19.2 Å². The van der Waals surface area contributed by atoms with Crippen molar-refractivity contribution in [3.63, 3.8) is 0 Å². The van der Waals surface area contributed by atoms with Gasteiger partial charge in [-0.05, 0) is 99.2 Å². The van der Waals surface area contributed by atoms with Crippen LogP contribution in [0.1, 0.15) is 120 Å². The fourth-order valence-corrected chi connectivity index (χ4v) is 12.5. The van der Waals surface area contributed by atoms with Crippen molar-refractivity contribution >= 4 is 23.9 Å². The molecule has 0 spiro atoms. The number of esters is 3. The molecule has 1 aliphatic heterocycles. The molecule has 0 bridgehead atoms. The van der Waals surface area contributed by atoms with E-state index in [4.69, 9.17) is 23.7 Å². The SMILES string of the molecule is CC(=O)OC1CC(O)C2(C)C(CCC3(C)C2CC=C2C4CC(C)(C(=O)O)CCC4(C)CCC23C)C1COC1OC(C)C(OC(C)=O)C(OC(C)=O)C1O. The molecule has 1 heterocycles. The van der Waals surface area contributed by atoms with Gasteiger partial charge in [-0.15, -0.1) is 0 Å². The third kappa shape index (κ3) is 6.45. The number of carboxylic acid groups (broad SMARTS) is 1. The van der Waals surface area contributed by atoms with Gasteiger partial charge in [0.1, 0.15) is 12.2 Å². The van der Waals surface area contributed by atoms with E-state index in [2.05, 4.69) is 33.8 Å². The van der Waals surface area contributed by atoms with Crippen molar-refractivity contribution in [3.05, 3.63) is 11.6 Å². The Hall–Kier alpha value is -2.54. The fourth-order valence-electron chi connectivity index (χ4n) is 12.5. The number of carbonyl (C=O) groups is 4. The monoisotopic (exact) mass is 746 g/mol. The third-order valence-corrected chi connectivity index (χ3v) is 15.9. The highest BCUT2D eigenvalue weighted by Gasteiger charge is 2.69. The zero-order chi connectivity index (χ0) is 39.1. The molecule has 12 nitrogen and oxygen atoms in total. The molecule has 0 aromatic heterocycles.